The average molecular weight is 287 g/mol. The first-order valence-electron chi connectivity index (χ1n) is 7.36. The Hall–Kier alpha value is -1.81. The van der Waals surface area contributed by atoms with E-state index in [1.807, 2.05) is 24.5 Å². The topological polar surface area (TPSA) is 39.1 Å². The fourth-order valence-electron chi connectivity index (χ4n) is 2.10. The Labute approximate surface area is 127 Å². The predicted octanol–water partition coefficient (Wildman–Crippen LogP) is 3.02. The van der Waals surface area contributed by atoms with Crippen molar-refractivity contribution in [2.24, 2.45) is 0 Å². The van der Waals surface area contributed by atoms with Crippen LogP contribution in [0.5, 0.6) is 5.75 Å². The quantitative estimate of drug-likeness (QED) is 0.887. The Balaban J connectivity index is 1.92. The summed E-state index contributed by atoms with van der Waals surface area (Å²) in [7, 11) is 1.69. The Bertz CT molecular complexity index is 552. The predicted molar refractivity (Wildman–Crippen MR) is 85.5 cm³/mol. The smallest absolute Gasteiger partial charge is 0.122 e. The molecule has 1 heterocycles. The molecule has 0 saturated heterocycles. The molecule has 4 nitrogen and oxygen atoms in total. The van der Waals surface area contributed by atoms with Crippen LogP contribution in [-0.2, 0) is 19.5 Å². The van der Waals surface area contributed by atoms with Crippen molar-refractivity contribution in [2.75, 3.05) is 7.11 Å². The van der Waals surface area contributed by atoms with Crippen LogP contribution < -0.4 is 10.1 Å². The lowest BCUT2D eigenvalue weighted by atomic mass is 10.1. The molecule has 1 aromatic heterocycles. The molecule has 0 aliphatic rings. The Morgan fingerprint density at radius 2 is 1.90 bits per heavy atom. The molecule has 0 aliphatic heterocycles. The van der Waals surface area contributed by atoms with Gasteiger partial charge in [0.25, 0.3) is 0 Å². The maximum atomic E-state index is 5.18. The van der Waals surface area contributed by atoms with Crippen molar-refractivity contribution in [3.8, 4) is 5.75 Å². The lowest BCUT2D eigenvalue weighted by molar-refractivity contribution is 0.411. The second kappa shape index (κ2) is 6.76. The van der Waals surface area contributed by atoms with Crippen LogP contribution in [0, 0.1) is 0 Å². The van der Waals surface area contributed by atoms with Gasteiger partial charge in [-0.2, -0.15) is 0 Å². The summed E-state index contributed by atoms with van der Waals surface area (Å²) in [6.07, 6.45) is 4.90. The molecule has 0 aliphatic carbocycles. The normalized spacial score (nSPS) is 11.6. The van der Waals surface area contributed by atoms with Gasteiger partial charge in [-0.1, -0.05) is 12.1 Å². The van der Waals surface area contributed by atoms with Gasteiger partial charge in [-0.3, -0.25) is 0 Å². The summed E-state index contributed by atoms with van der Waals surface area (Å²) in [6, 6.07) is 8.24. The molecule has 0 atom stereocenters. The van der Waals surface area contributed by atoms with E-state index >= 15 is 0 Å². The van der Waals surface area contributed by atoms with Gasteiger partial charge in [-0.05, 0) is 44.9 Å². The van der Waals surface area contributed by atoms with Crippen LogP contribution in [0.15, 0.2) is 36.7 Å². The van der Waals surface area contributed by atoms with Gasteiger partial charge in [0.15, 0.2) is 0 Å². The number of imidazole rings is 1. The third-order valence-electron chi connectivity index (χ3n) is 3.38. The summed E-state index contributed by atoms with van der Waals surface area (Å²) in [6.45, 7) is 8.22. The highest BCUT2D eigenvalue weighted by Crippen LogP contribution is 2.12. The zero-order valence-electron chi connectivity index (χ0n) is 13.4. The summed E-state index contributed by atoms with van der Waals surface area (Å²) < 4.78 is 7.39. The van der Waals surface area contributed by atoms with Crippen molar-refractivity contribution in [1.82, 2.24) is 14.9 Å². The summed E-state index contributed by atoms with van der Waals surface area (Å²) in [5, 5.41) is 3.48. The van der Waals surface area contributed by atoms with Gasteiger partial charge in [-0.25, -0.2) is 4.98 Å². The van der Waals surface area contributed by atoms with Crippen LogP contribution in [0.2, 0.25) is 0 Å². The summed E-state index contributed by atoms with van der Waals surface area (Å²) in [4.78, 5) is 4.44. The van der Waals surface area contributed by atoms with Crippen molar-refractivity contribution < 1.29 is 4.74 Å². The number of rotatable bonds is 6. The van der Waals surface area contributed by atoms with Gasteiger partial charge in [0.1, 0.15) is 11.6 Å². The molecule has 0 spiro atoms. The molecular formula is C17H25N3O. The molecule has 0 amide bonds. The molecule has 2 rings (SSSR count). The number of hydrogen-bond acceptors (Lipinski definition) is 3. The number of nitrogens with zero attached hydrogens (tertiary/aromatic N) is 2. The standard InChI is InChI=1S/C17H25N3O/c1-17(2,3)19-13-16-18-10-12-20(16)11-9-14-5-7-15(21-4)8-6-14/h5-8,10,12,19H,9,11,13H2,1-4H3. The van der Waals surface area contributed by atoms with Gasteiger partial charge in [0.05, 0.1) is 13.7 Å². The van der Waals surface area contributed by atoms with E-state index in [9.17, 15) is 0 Å². The largest absolute Gasteiger partial charge is 0.497 e. The zero-order chi connectivity index (χ0) is 15.3. The minimum absolute atomic E-state index is 0.104. The van der Waals surface area contributed by atoms with Crippen LogP contribution in [0.4, 0.5) is 0 Å². The molecule has 0 saturated carbocycles. The molecule has 1 aromatic carbocycles. The van der Waals surface area contributed by atoms with E-state index in [0.717, 1.165) is 31.1 Å². The van der Waals surface area contributed by atoms with E-state index in [0.29, 0.717) is 0 Å². The second-order valence-corrected chi connectivity index (χ2v) is 6.24. The lowest BCUT2D eigenvalue weighted by Gasteiger charge is -2.20. The number of methoxy groups -OCH3 is 1. The third kappa shape index (κ3) is 4.90. The molecule has 21 heavy (non-hydrogen) atoms. The van der Waals surface area contributed by atoms with Crippen molar-refractivity contribution in [3.05, 3.63) is 48.0 Å². The molecular weight excluding hydrogens is 262 g/mol. The van der Waals surface area contributed by atoms with Crippen LogP contribution >= 0.6 is 0 Å². The van der Waals surface area contributed by atoms with E-state index in [1.165, 1.54) is 5.56 Å². The lowest BCUT2D eigenvalue weighted by Crippen LogP contribution is -2.36. The highest BCUT2D eigenvalue weighted by Gasteiger charge is 2.11. The van der Waals surface area contributed by atoms with Crippen LogP contribution in [-0.4, -0.2) is 22.2 Å². The first-order valence-corrected chi connectivity index (χ1v) is 7.36. The van der Waals surface area contributed by atoms with E-state index < -0.39 is 0 Å². The molecule has 0 unspecified atom stereocenters. The zero-order valence-corrected chi connectivity index (χ0v) is 13.4. The summed E-state index contributed by atoms with van der Waals surface area (Å²) in [5.41, 5.74) is 1.41. The Kier molecular flexibility index (Phi) is 5.02. The number of hydrogen-bond donors (Lipinski definition) is 1. The fourth-order valence-corrected chi connectivity index (χ4v) is 2.10. The number of benzene rings is 1. The van der Waals surface area contributed by atoms with E-state index in [2.05, 4.69) is 47.8 Å². The van der Waals surface area contributed by atoms with E-state index in [-0.39, 0.29) is 5.54 Å². The minimum Gasteiger partial charge on any atom is -0.497 e. The Morgan fingerprint density at radius 1 is 1.19 bits per heavy atom. The van der Waals surface area contributed by atoms with Gasteiger partial charge in [0, 0.05) is 24.5 Å². The summed E-state index contributed by atoms with van der Waals surface area (Å²) in [5.74, 6) is 1.98. The fraction of sp³-hybridized carbons (Fsp3) is 0.471. The van der Waals surface area contributed by atoms with Crippen LogP contribution in [0.25, 0.3) is 0 Å². The number of aryl methyl sites for hydroxylation is 2. The SMILES string of the molecule is COc1ccc(CCn2ccnc2CNC(C)(C)C)cc1. The van der Waals surface area contributed by atoms with Crippen molar-refractivity contribution in [3.63, 3.8) is 0 Å². The maximum Gasteiger partial charge on any atom is 0.122 e. The maximum absolute atomic E-state index is 5.18. The molecule has 114 valence electrons. The van der Waals surface area contributed by atoms with Crippen molar-refractivity contribution >= 4 is 0 Å². The molecule has 1 N–H and O–H groups in total. The second-order valence-electron chi connectivity index (χ2n) is 6.24. The number of nitrogens with one attached hydrogen (secondary N) is 1. The Morgan fingerprint density at radius 3 is 2.52 bits per heavy atom. The molecule has 0 fully saturated rings. The first kappa shape index (κ1) is 15.6. The van der Waals surface area contributed by atoms with Gasteiger partial charge in [0.2, 0.25) is 0 Å². The average Bonchev–Trinajstić information content (AvgIpc) is 2.90. The van der Waals surface area contributed by atoms with Gasteiger partial charge >= 0.3 is 0 Å². The number of ether oxygens (including phenoxy) is 1. The van der Waals surface area contributed by atoms with Crippen molar-refractivity contribution in [1.29, 1.82) is 0 Å². The highest BCUT2D eigenvalue weighted by atomic mass is 16.5. The summed E-state index contributed by atoms with van der Waals surface area (Å²) >= 11 is 0. The van der Waals surface area contributed by atoms with Gasteiger partial charge < -0.3 is 14.6 Å². The van der Waals surface area contributed by atoms with Gasteiger partial charge in [-0.15, -0.1) is 0 Å². The third-order valence-corrected chi connectivity index (χ3v) is 3.38. The molecule has 2 aromatic rings. The van der Waals surface area contributed by atoms with Crippen LogP contribution in [0.3, 0.4) is 0 Å². The van der Waals surface area contributed by atoms with E-state index in [4.69, 9.17) is 4.74 Å². The molecule has 4 heteroatoms. The number of aromatic nitrogens is 2. The molecule has 0 bridgehead atoms. The molecule has 0 radical (unpaired) electrons. The monoisotopic (exact) mass is 287 g/mol. The minimum atomic E-state index is 0.104. The highest BCUT2D eigenvalue weighted by molar-refractivity contribution is 5.27. The van der Waals surface area contributed by atoms with E-state index in [1.54, 1.807) is 7.11 Å². The van der Waals surface area contributed by atoms with Crippen molar-refractivity contribution in [2.45, 2.75) is 45.8 Å². The first-order chi connectivity index (χ1) is 9.98. The van der Waals surface area contributed by atoms with Crippen LogP contribution in [0.1, 0.15) is 32.2 Å².